The number of halogens is 2. The van der Waals surface area contributed by atoms with Crippen molar-refractivity contribution >= 4 is 69.5 Å². The Labute approximate surface area is 205 Å². The second-order valence-electron chi connectivity index (χ2n) is 6.64. The van der Waals surface area contributed by atoms with Gasteiger partial charge in [-0.2, -0.15) is 0 Å². The number of carbonyl (C=O) groups is 2. The normalized spacial score (nSPS) is 14.8. The van der Waals surface area contributed by atoms with Crippen LogP contribution in [0.15, 0.2) is 41.3 Å². The number of thioether (sulfide) groups is 1. The van der Waals surface area contributed by atoms with Gasteiger partial charge in [0.25, 0.3) is 5.91 Å². The van der Waals surface area contributed by atoms with E-state index in [1.807, 2.05) is 6.92 Å². The lowest BCUT2D eigenvalue weighted by Crippen LogP contribution is -2.30. The fraction of sp³-hybridized carbons (Fsp3) is 0.227. The first kappa shape index (κ1) is 24.4. The van der Waals surface area contributed by atoms with Gasteiger partial charge < -0.3 is 14.6 Å². The summed E-state index contributed by atoms with van der Waals surface area (Å²) in [5.41, 5.74) is 1.51. The molecule has 6 nitrogen and oxygen atoms in total. The fourth-order valence-corrected chi connectivity index (χ4v) is 4.62. The van der Waals surface area contributed by atoms with Crippen LogP contribution in [-0.4, -0.2) is 39.4 Å². The van der Waals surface area contributed by atoms with Crippen LogP contribution in [0.2, 0.25) is 10.0 Å². The maximum Gasteiger partial charge on any atom is 0.305 e. The molecule has 0 aliphatic carbocycles. The molecular weight excluding hydrogens is 493 g/mol. The number of aliphatic carboxylic acids is 1. The SMILES string of the molecule is CCOc1cc(/C=C2\SC(=S)N(CCC(=O)O)C2=O)ccc1OCc1ccc(Cl)cc1Cl. The van der Waals surface area contributed by atoms with Crippen molar-refractivity contribution in [3.05, 3.63) is 62.5 Å². The molecule has 0 atom stereocenters. The van der Waals surface area contributed by atoms with Gasteiger partial charge in [-0.25, -0.2) is 0 Å². The van der Waals surface area contributed by atoms with E-state index in [4.69, 9.17) is 50.0 Å². The first-order valence-electron chi connectivity index (χ1n) is 9.59. The van der Waals surface area contributed by atoms with Crippen molar-refractivity contribution in [3.8, 4) is 11.5 Å². The minimum absolute atomic E-state index is 0.0432. The van der Waals surface area contributed by atoms with Gasteiger partial charge in [-0.15, -0.1) is 0 Å². The molecule has 2 aromatic rings. The third-order valence-corrected chi connectivity index (χ3v) is 6.35. The molecule has 168 valence electrons. The van der Waals surface area contributed by atoms with E-state index < -0.39 is 5.97 Å². The molecule has 1 aliphatic heterocycles. The van der Waals surface area contributed by atoms with E-state index in [0.29, 0.717) is 37.4 Å². The standard InChI is InChI=1S/C22H19Cl2NO5S2/c1-2-29-18-9-13(10-19-21(28)25(22(31)32-19)8-7-20(26)27)3-6-17(18)30-12-14-4-5-15(23)11-16(14)24/h3-6,9-11H,2,7-8,12H2,1H3,(H,26,27)/b19-10-. The first-order chi connectivity index (χ1) is 15.3. The molecule has 0 radical (unpaired) electrons. The highest BCUT2D eigenvalue weighted by atomic mass is 35.5. The molecule has 2 aromatic carbocycles. The van der Waals surface area contributed by atoms with Gasteiger partial charge in [0, 0.05) is 22.2 Å². The summed E-state index contributed by atoms with van der Waals surface area (Å²) in [6, 6.07) is 10.5. The minimum atomic E-state index is -0.986. The molecule has 0 aromatic heterocycles. The molecular formula is C22H19Cl2NO5S2. The lowest BCUT2D eigenvalue weighted by atomic mass is 10.1. The molecule has 0 unspecified atom stereocenters. The molecule has 0 bridgehead atoms. The highest BCUT2D eigenvalue weighted by Gasteiger charge is 2.32. The van der Waals surface area contributed by atoms with E-state index in [1.54, 1.807) is 42.5 Å². The van der Waals surface area contributed by atoms with Crippen LogP contribution in [0.25, 0.3) is 6.08 Å². The summed E-state index contributed by atoms with van der Waals surface area (Å²) < 4.78 is 12.0. The van der Waals surface area contributed by atoms with Crippen molar-refractivity contribution in [1.29, 1.82) is 0 Å². The molecule has 32 heavy (non-hydrogen) atoms. The molecule has 0 spiro atoms. The van der Waals surface area contributed by atoms with Crippen LogP contribution < -0.4 is 9.47 Å². The van der Waals surface area contributed by atoms with Gasteiger partial charge in [0.05, 0.1) is 17.9 Å². The number of carboxylic acids is 1. The zero-order chi connectivity index (χ0) is 23.3. The molecule has 1 aliphatic rings. The Morgan fingerprint density at radius 3 is 2.66 bits per heavy atom. The zero-order valence-corrected chi connectivity index (χ0v) is 20.1. The van der Waals surface area contributed by atoms with Crippen LogP contribution in [0.4, 0.5) is 0 Å². The minimum Gasteiger partial charge on any atom is -0.490 e. The second kappa shape index (κ2) is 11.0. The molecule has 1 amide bonds. The Balaban J connectivity index is 1.77. The molecule has 3 rings (SSSR count). The Morgan fingerprint density at radius 2 is 1.97 bits per heavy atom. The Bertz CT molecular complexity index is 1090. The van der Waals surface area contributed by atoms with Crippen LogP contribution in [-0.2, 0) is 16.2 Å². The van der Waals surface area contributed by atoms with Crippen molar-refractivity contribution in [2.45, 2.75) is 20.0 Å². The molecule has 1 saturated heterocycles. The van der Waals surface area contributed by atoms with Crippen molar-refractivity contribution in [2.75, 3.05) is 13.2 Å². The number of amides is 1. The number of hydrogen-bond donors (Lipinski definition) is 1. The van der Waals surface area contributed by atoms with E-state index >= 15 is 0 Å². The highest BCUT2D eigenvalue weighted by Crippen LogP contribution is 2.35. The summed E-state index contributed by atoms with van der Waals surface area (Å²) in [6.45, 7) is 2.57. The first-order valence-corrected chi connectivity index (χ1v) is 11.6. The maximum atomic E-state index is 12.6. The van der Waals surface area contributed by atoms with E-state index in [9.17, 15) is 9.59 Å². The lowest BCUT2D eigenvalue weighted by molar-refractivity contribution is -0.137. The molecule has 10 heteroatoms. The predicted molar refractivity (Wildman–Crippen MR) is 131 cm³/mol. The Morgan fingerprint density at radius 1 is 1.19 bits per heavy atom. The largest absolute Gasteiger partial charge is 0.490 e. The summed E-state index contributed by atoms with van der Waals surface area (Å²) in [5, 5.41) is 9.92. The van der Waals surface area contributed by atoms with E-state index in [-0.39, 0.29) is 25.5 Å². The van der Waals surface area contributed by atoms with Gasteiger partial charge in [-0.3, -0.25) is 14.5 Å². The smallest absolute Gasteiger partial charge is 0.305 e. The van der Waals surface area contributed by atoms with Gasteiger partial charge in [0.2, 0.25) is 0 Å². The van der Waals surface area contributed by atoms with E-state index in [1.165, 1.54) is 4.90 Å². The summed E-state index contributed by atoms with van der Waals surface area (Å²) in [5.74, 6) is -0.242. The van der Waals surface area contributed by atoms with Crippen molar-refractivity contribution in [3.63, 3.8) is 0 Å². The van der Waals surface area contributed by atoms with Crippen LogP contribution in [0.3, 0.4) is 0 Å². The third kappa shape index (κ3) is 6.16. The number of carboxylic acid groups (broad SMARTS) is 1. The summed E-state index contributed by atoms with van der Waals surface area (Å²) >= 11 is 18.5. The maximum absolute atomic E-state index is 12.6. The number of carbonyl (C=O) groups excluding carboxylic acids is 1. The van der Waals surface area contributed by atoms with E-state index in [0.717, 1.165) is 22.9 Å². The van der Waals surface area contributed by atoms with Gasteiger partial charge >= 0.3 is 5.97 Å². The van der Waals surface area contributed by atoms with Crippen LogP contribution in [0.5, 0.6) is 11.5 Å². The third-order valence-electron chi connectivity index (χ3n) is 4.39. The van der Waals surface area contributed by atoms with Crippen LogP contribution in [0, 0.1) is 0 Å². The van der Waals surface area contributed by atoms with Crippen LogP contribution >= 0.6 is 47.2 Å². The number of hydrogen-bond acceptors (Lipinski definition) is 6. The quantitative estimate of drug-likeness (QED) is 0.344. The molecule has 0 saturated carbocycles. The zero-order valence-electron chi connectivity index (χ0n) is 17.0. The average molecular weight is 512 g/mol. The lowest BCUT2D eigenvalue weighted by Gasteiger charge is -2.14. The number of benzene rings is 2. The number of nitrogens with zero attached hydrogens (tertiary/aromatic N) is 1. The number of thiocarbonyl (C=S) groups is 1. The predicted octanol–water partition coefficient (Wildman–Crippen LogP) is 5.65. The van der Waals surface area contributed by atoms with Gasteiger partial charge in [0.15, 0.2) is 11.5 Å². The topological polar surface area (TPSA) is 76.1 Å². The average Bonchev–Trinajstić information content (AvgIpc) is 2.99. The van der Waals surface area contributed by atoms with Gasteiger partial charge in [-0.1, -0.05) is 59.3 Å². The second-order valence-corrected chi connectivity index (χ2v) is 9.16. The molecule has 1 heterocycles. The molecule has 1 N–H and O–H groups in total. The number of rotatable bonds is 9. The Kier molecular flexibility index (Phi) is 8.42. The van der Waals surface area contributed by atoms with Gasteiger partial charge in [0.1, 0.15) is 10.9 Å². The summed E-state index contributed by atoms with van der Waals surface area (Å²) in [4.78, 5) is 25.1. The summed E-state index contributed by atoms with van der Waals surface area (Å²) in [7, 11) is 0. The monoisotopic (exact) mass is 511 g/mol. The summed E-state index contributed by atoms with van der Waals surface area (Å²) in [6.07, 6.45) is 1.53. The molecule has 1 fully saturated rings. The van der Waals surface area contributed by atoms with Gasteiger partial charge in [-0.05, 0) is 42.8 Å². The Hall–Kier alpha value is -2.26. The fourth-order valence-electron chi connectivity index (χ4n) is 2.85. The highest BCUT2D eigenvalue weighted by molar-refractivity contribution is 8.26. The number of ether oxygens (including phenoxy) is 2. The van der Waals surface area contributed by atoms with E-state index in [2.05, 4.69) is 0 Å². The van der Waals surface area contributed by atoms with Crippen molar-refractivity contribution < 1.29 is 24.2 Å². The van der Waals surface area contributed by atoms with Crippen molar-refractivity contribution in [1.82, 2.24) is 4.90 Å². The van der Waals surface area contributed by atoms with Crippen molar-refractivity contribution in [2.24, 2.45) is 0 Å². The van der Waals surface area contributed by atoms with Crippen LogP contribution in [0.1, 0.15) is 24.5 Å².